The number of fused-ring (bicyclic) bond motifs is 3. The van der Waals surface area contributed by atoms with Gasteiger partial charge in [-0.2, -0.15) is 0 Å². The molecule has 2 aromatic carbocycles. The van der Waals surface area contributed by atoms with E-state index in [1.54, 1.807) is 0 Å². The lowest BCUT2D eigenvalue weighted by Crippen LogP contribution is -2.09. The van der Waals surface area contributed by atoms with Crippen LogP contribution >= 0.6 is 0 Å². The van der Waals surface area contributed by atoms with Crippen LogP contribution in [-0.4, -0.2) is 0 Å². The molecule has 1 aliphatic rings. The first kappa shape index (κ1) is 9.65. The molecule has 0 spiro atoms. The van der Waals surface area contributed by atoms with E-state index in [0.29, 0.717) is 5.92 Å². The number of hydrogen-bond donors (Lipinski definition) is 0. The molecule has 0 saturated heterocycles. The lowest BCUT2D eigenvalue weighted by atomic mass is 9.78. The summed E-state index contributed by atoms with van der Waals surface area (Å²) in [4.78, 5) is 0. The fraction of sp³-hybridized carbons (Fsp3) is 0.250. The van der Waals surface area contributed by atoms with Crippen LogP contribution in [-0.2, 0) is 6.42 Å². The monoisotopic (exact) mass is 208 g/mol. The normalized spacial score (nSPS) is 17.8. The van der Waals surface area contributed by atoms with Gasteiger partial charge < -0.3 is 0 Å². The maximum absolute atomic E-state index is 2.33. The zero-order valence-electron chi connectivity index (χ0n) is 9.83. The van der Waals surface area contributed by atoms with Crippen molar-refractivity contribution >= 4 is 0 Å². The van der Waals surface area contributed by atoms with E-state index in [1.165, 1.54) is 34.2 Å². The molecule has 1 atom stereocenters. The molecule has 80 valence electrons. The number of aryl methyl sites for hydroxylation is 1. The summed E-state index contributed by atoms with van der Waals surface area (Å²) in [7, 11) is 0. The molecule has 0 bridgehead atoms. The van der Waals surface area contributed by atoms with Gasteiger partial charge in [-0.25, -0.2) is 0 Å². The van der Waals surface area contributed by atoms with E-state index in [-0.39, 0.29) is 0 Å². The van der Waals surface area contributed by atoms with Gasteiger partial charge in [0.05, 0.1) is 0 Å². The molecule has 16 heavy (non-hydrogen) atoms. The lowest BCUT2D eigenvalue weighted by Gasteiger charge is -2.26. The van der Waals surface area contributed by atoms with E-state index < -0.39 is 0 Å². The molecule has 0 amide bonds. The van der Waals surface area contributed by atoms with Crippen molar-refractivity contribution in [1.82, 2.24) is 0 Å². The van der Waals surface area contributed by atoms with Crippen molar-refractivity contribution < 1.29 is 0 Å². The summed E-state index contributed by atoms with van der Waals surface area (Å²) in [6, 6.07) is 15.5. The molecule has 0 nitrogen and oxygen atoms in total. The third-order valence-electron chi connectivity index (χ3n) is 3.65. The average molecular weight is 208 g/mol. The van der Waals surface area contributed by atoms with Crippen molar-refractivity contribution in [2.75, 3.05) is 0 Å². The van der Waals surface area contributed by atoms with Gasteiger partial charge >= 0.3 is 0 Å². The van der Waals surface area contributed by atoms with E-state index in [0.717, 1.165) is 0 Å². The maximum atomic E-state index is 2.33. The van der Waals surface area contributed by atoms with Gasteiger partial charge in [-0.15, -0.1) is 0 Å². The lowest BCUT2D eigenvalue weighted by molar-refractivity contribution is 0.748. The van der Waals surface area contributed by atoms with Crippen LogP contribution < -0.4 is 0 Å². The van der Waals surface area contributed by atoms with Crippen LogP contribution in [0, 0.1) is 6.92 Å². The van der Waals surface area contributed by atoms with E-state index >= 15 is 0 Å². The van der Waals surface area contributed by atoms with Gasteiger partial charge in [0.1, 0.15) is 0 Å². The smallest absolute Gasteiger partial charge is 0.0117 e. The van der Waals surface area contributed by atoms with Gasteiger partial charge in [0, 0.05) is 0 Å². The molecule has 0 aliphatic heterocycles. The summed E-state index contributed by atoms with van der Waals surface area (Å²) in [6.45, 7) is 4.54. The third-order valence-corrected chi connectivity index (χ3v) is 3.65. The largest absolute Gasteiger partial charge is 0.0620 e. The SMILES string of the molecule is Cc1cccc2c1-c1ccccc1CC2C. The van der Waals surface area contributed by atoms with Gasteiger partial charge in [-0.05, 0) is 47.1 Å². The molecular weight excluding hydrogens is 192 g/mol. The number of rotatable bonds is 0. The van der Waals surface area contributed by atoms with Gasteiger partial charge in [0.25, 0.3) is 0 Å². The van der Waals surface area contributed by atoms with Gasteiger partial charge in [-0.3, -0.25) is 0 Å². The Bertz CT molecular complexity index is 537. The van der Waals surface area contributed by atoms with Crippen LogP contribution in [0.1, 0.15) is 29.5 Å². The minimum Gasteiger partial charge on any atom is -0.0620 e. The second kappa shape index (κ2) is 3.48. The highest BCUT2D eigenvalue weighted by molar-refractivity contribution is 5.76. The number of hydrogen-bond acceptors (Lipinski definition) is 0. The fourth-order valence-electron chi connectivity index (χ4n) is 2.85. The summed E-state index contributed by atoms with van der Waals surface area (Å²) in [5.74, 6) is 0.643. The standard InChI is InChI=1S/C16H16/c1-11-6-5-9-14-12(2)10-13-7-3-4-8-15(13)16(11)14/h3-9,12H,10H2,1-2H3. The van der Waals surface area contributed by atoms with Gasteiger partial charge in [0.15, 0.2) is 0 Å². The van der Waals surface area contributed by atoms with Crippen LogP contribution in [0.5, 0.6) is 0 Å². The van der Waals surface area contributed by atoms with Crippen LogP contribution in [0.2, 0.25) is 0 Å². The van der Waals surface area contributed by atoms with Crippen LogP contribution in [0.4, 0.5) is 0 Å². The summed E-state index contributed by atoms with van der Waals surface area (Å²) < 4.78 is 0. The first-order valence-corrected chi connectivity index (χ1v) is 5.95. The predicted molar refractivity (Wildman–Crippen MR) is 68.7 cm³/mol. The van der Waals surface area contributed by atoms with Crippen molar-refractivity contribution in [1.29, 1.82) is 0 Å². The van der Waals surface area contributed by atoms with Crippen LogP contribution in [0.25, 0.3) is 11.1 Å². The minimum atomic E-state index is 0.643. The molecule has 2 aromatic rings. The van der Waals surface area contributed by atoms with Crippen molar-refractivity contribution in [3.63, 3.8) is 0 Å². The molecule has 0 heterocycles. The van der Waals surface area contributed by atoms with E-state index in [2.05, 4.69) is 56.3 Å². The Balaban J connectivity index is 2.35. The molecule has 0 heteroatoms. The molecule has 3 rings (SSSR count). The topological polar surface area (TPSA) is 0 Å². The fourth-order valence-corrected chi connectivity index (χ4v) is 2.85. The Kier molecular flexibility index (Phi) is 2.10. The zero-order chi connectivity index (χ0) is 11.1. The Morgan fingerprint density at radius 3 is 2.69 bits per heavy atom. The summed E-state index contributed by atoms with van der Waals surface area (Å²) in [5, 5.41) is 0. The Labute approximate surface area is 96.9 Å². The molecule has 0 saturated carbocycles. The van der Waals surface area contributed by atoms with Crippen LogP contribution in [0.15, 0.2) is 42.5 Å². The van der Waals surface area contributed by atoms with Crippen molar-refractivity contribution in [3.8, 4) is 11.1 Å². The summed E-state index contributed by atoms with van der Waals surface area (Å²) in [5.41, 5.74) is 7.32. The van der Waals surface area contributed by atoms with E-state index in [4.69, 9.17) is 0 Å². The highest BCUT2D eigenvalue weighted by Crippen LogP contribution is 2.40. The predicted octanol–water partition coefficient (Wildman–Crippen LogP) is 4.32. The zero-order valence-corrected chi connectivity index (χ0v) is 9.83. The third kappa shape index (κ3) is 1.30. The highest BCUT2D eigenvalue weighted by Gasteiger charge is 2.21. The Hall–Kier alpha value is -1.56. The first-order chi connectivity index (χ1) is 7.77. The van der Waals surface area contributed by atoms with Crippen molar-refractivity contribution in [2.45, 2.75) is 26.2 Å². The van der Waals surface area contributed by atoms with Gasteiger partial charge in [0.2, 0.25) is 0 Å². The molecule has 0 radical (unpaired) electrons. The molecular formula is C16H16. The molecule has 1 aliphatic carbocycles. The molecule has 0 aromatic heterocycles. The van der Waals surface area contributed by atoms with Crippen molar-refractivity contribution in [2.24, 2.45) is 0 Å². The van der Waals surface area contributed by atoms with Gasteiger partial charge in [-0.1, -0.05) is 49.4 Å². The van der Waals surface area contributed by atoms with Crippen LogP contribution in [0.3, 0.4) is 0 Å². The van der Waals surface area contributed by atoms with Crippen molar-refractivity contribution in [3.05, 3.63) is 59.2 Å². The molecule has 0 fully saturated rings. The minimum absolute atomic E-state index is 0.643. The maximum Gasteiger partial charge on any atom is -0.0117 e. The van der Waals surface area contributed by atoms with E-state index in [9.17, 15) is 0 Å². The number of benzene rings is 2. The Morgan fingerprint density at radius 2 is 1.81 bits per heavy atom. The molecule has 0 N–H and O–H groups in total. The summed E-state index contributed by atoms with van der Waals surface area (Å²) >= 11 is 0. The highest BCUT2D eigenvalue weighted by atomic mass is 14.3. The summed E-state index contributed by atoms with van der Waals surface area (Å²) in [6.07, 6.45) is 1.17. The Morgan fingerprint density at radius 1 is 1.00 bits per heavy atom. The quantitative estimate of drug-likeness (QED) is 0.604. The second-order valence-electron chi connectivity index (χ2n) is 4.80. The second-order valence-corrected chi connectivity index (χ2v) is 4.80. The average Bonchev–Trinajstić information content (AvgIpc) is 2.30. The first-order valence-electron chi connectivity index (χ1n) is 5.95. The van der Waals surface area contributed by atoms with E-state index in [1.807, 2.05) is 0 Å². The molecule has 1 unspecified atom stereocenters.